The molecule has 17 heavy (non-hydrogen) atoms. The summed E-state index contributed by atoms with van der Waals surface area (Å²) in [6, 6.07) is 2.84. The first-order valence-electron chi connectivity index (χ1n) is 6.94. The van der Waals surface area contributed by atoms with Crippen molar-refractivity contribution in [1.82, 2.24) is 10.2 Å². The van der Waals surface area contributed by atoms with E-state index in [9.17, 15) is 5.26 Å². The minimum Gasteiger partial charge on any atom is -0.304 e. The fourth-order valence-corrected chi connectivity index (χ4v) is 2.22. The van der Waals surface area contributed by atoms with Gasteiger partial charge in [0.05, 0.1) is 6.07 Å². The zero-order valence-electron chi connectivity index (χ0n) is 12.2. The summed E-state index contributed by atoms with van der Waals surface area (Å²) in [5.74, 6) is 0. The highest BCUT2D eigenvalue weighted by Gasteiger charge is 2.27. The predicted octanol–water partition coefficient (Wildman–Crippen LogP) is 2.78. The summed E-state index contributed by atoms with van der Waals surface area (Å²) in [7, 11) is 0. The second-order valence-electron chi connectivity index (χ2n) is 4.98. The lowest BCUT2D eigenvalue weighted by Crippen LogP contribution is -2.47. The molecule has 3 heteroatoms. The van der Waals surface area contributed by atoms with E-state index in [1.165, 1.54) is 0 Å². The average molecular weight is 239 g/mol. The van der Waals surface area contributed by atoms with Gasteiger partial charge in [0.25, 0.3) is 0 Å². The molecule has 0 spiro atoms. The van der Waals surface area contributed by atoms with Crippen LogP contribution in [0.4, 0.5) is 0 Å². The molecule has 1 N–H and O–H groups in total. The summed E-state index contributed by atoms with van der Waals surface area (Å²) < 4.78 is 0. The lowest BCUT2D eigenvalue weighted by molar-refractivity contribution is 0.268. The van der Waals surface area contributed by atoms with Gasteiger partial charge in [-0.1, -0.05) is 20.8 Å². The Bertz CT molecular complexity index is 228. The van der Waals surface area contributed by atoms with E-state index in [2.05, 4.69) is 50.9 Å². The SMILES string of the molecule is CCN(CC)CCCC(C#N)(CC)NC(C)C. The van der Waals surface area contributed by atoms with E-state index >= 15 is 0 Å². The number of nitriles is 1. The van der Waals surface area contributed by atoms with E-state index in [1.807, 2.05) is 0 Å². The van der Waals surface area contributed by atoms with Gasteiger partial charge in [0.15, 0.2) is 0 Å². The van der Waals surface area contributed by atoms with Gasteiger partial charge in [-0.2, -0.15) is 5.26 Å². The van der Waals surface area contributed by atoms with Crippen molar-refractivity contribution in [2.45, 2.75) is 65.5 Å². The number of rotatable bonds is 9. The maximum absolute atomic E-state index is 9.38. The molecule has 0 aliphatic carbocycles. The van der Waals surface area contributed by atoms with Gasteiger partial charge in [0.1, 0.15) is 5.54 Å². The second-order valence-corrected chi connectivity index (χ2v) is 4.98. The van der Waals surface area contributed by atoms with E-state index in [0.29, 0.717) is 6.04 Å². The van der Waals surface area contributed by atoms with Crippen LogP contribution in [0.2, 0.25) is 0 Å². The molecule has 0 heterocycles. The Morgan fingerprint density at radius 3 is 2.18 bits per heavy atom. The summed E-state index contributed by atoms with van der Waals surface area (Å²) in [6.45, 7) is 14.0. The van der Waals surface area contributed by atoms with Crippen LogP contribution in [0.1, 0.15) is 53.9 Å². The molecule has 1 atom stereocenters. The third kappa shape index (κ3) is 6.05. The minimum absolute atomic E-state index is 0.332. The monoisotopic (exact) mass is 239 g/mol. The number of hydrogen-bond donors (Lipinski definition) is 1. The normalized spacial score (nSPS) is 14.9. The van der Waals surface area contributed by atoms with Crippen molar-refractivity contribution in [2.24, 2.45) is 0 Å². The summed E-state index contributed by atoms with van der Waals surface area (Å²) in [6.07, 6.45) is 2.90. The lowest BCUT2D eigenvalue weighted by atomic mass is 9.91. The molecule has 0 aromatic rings. The van der Waals surface area contributed by atoms with Gasteiger partial charge in [-0.05, 0) is 52.7 Å². The Morgan fingerprint density at radius 1 is 1.24 bits per heavy atom. The van der Waals surface area contributed by atoms with E-state index < -0.39 is 0 Å². The van der Waals surface area contributed by atoms with E-state index in [-0.39, 0.29) is 5.54 Å². The first-order chi connectivity index (χ1) is 8.03. The van der Waals surface area contributed by atoms with Gasteiger partial charge in [0.2, 0.25) is 0 Å². The highest BCUT2D eigenvalue weighted by molar-refractivity contribution is 5.06. The standard InChI is InChI=1S/C14H29N3/c1-6-14(12-15,16-13(4)5)10-9-11-17(7-2)8-3/h13,16H,6-11H2,1-5H3. The van der Waals surface area contributed by atoms with Crippen molar-refractivity contribution < 1.29 is 0 Å². The van der Waals surface area contributed by atoms with Crippen LogP contribution < -0.4 is 5.32 Å². The van der Waals surface area contributed by atoms with E-state index in [4.69, 9.17) is 0 Å². The zero-order chi connectivity index (χ0) is 13.3. The molecule has 0 fully saturated rings. The molecule has 3 nitrogen and oxygen atoms in total. The van der Waals surface area contributed by atoms with Crippen molar-refractivity contribution in [3.63, 3.8) is 0 Å². The first-order valence-corrected chi connectivity index (χ1v) is 6.94. The maximum Gasteiger partial charge on any atom is 0.106 e. The molecule has 0 saturated heterocycles. The quantitative estimate of drug-likeness (QED) is 0.672. The molecule has 0 radical (unpaired) electrons. The van der Waals surface area contributed by atoms with E-state index in [1.54, 1.807) is 0 Å². The van der Waals surface area contributed by atoms with Crippen molar-refractivity contribution in [3.05, 3.63) is 0 Å². The van der Waals surface area contributed by atoms with Crippen LogP contribution in [0.3, 0.4) is 0 Å². The summed E-state index contributed by atoms with van der Waals surface area (Å²) in [5, 5.41) is 12.8. The molecule has 0 aromatic carbocycles. The van der Waals surface area contributed by atoms with Crippen LogP contribution in [-0.2, 0) is 0 Å². The Hall–Kier alpha value is -0.590. The molecule has 0 rings (SSSR count). The fourth-order valence-electron chi connectivity index (χ4n) is 2.22. The molecule has 0 aliphatic rings. The first kappa shape index (κ1) is 16.4. The Labute approximate surface area is 107 Å². The molecular formula is C14H29N3. The largest absolute Gasteiger partial charge is 0.304 e. The molecule has 1 unspecified atom stereocenters. The summed E-state index contributed by atoms with van der Waals surface area (Å²) in [4.78, 5) is 2.41. The smallest absolute Gasteiger partial charge is 0.106 e. The van der Waals surface area contributed by atoms with Gasteiger partial charge in [-0.3, -0.25) is 5.32 Å². The van der Waals surface area contributed by atoms with Crippen LogP contribution in [0.15, 0.2) is 0 Å². The third-order valence-corrected chi connectivity index (χ3v) is 3.35. The Morgan fingerprint density at radius 2 is 1.82 bits per heavy atom. The van der Waals surface area contributed by atoms with Gasteiger partial charge in [-0.15, -0.1) is 0 Å². The van der Waals surface area contributed by atoms with Crippen molar-refractivity contribution >= 4 is 0 Å². The number of hydrogen-bond acceptors (Lipinski definition) is 3. The van der Waals surface area contributed by atoms with Crippen LogP contribution >= 0.6 is 0 Å². The molecule has 0 aliphatic heterocycles. The van der Waals surface area contributed by atoms with E-state index in [0.717, 1.165) is 38.9 Å². The zero-order valence-corrected chi connectivity index (χ0v) is 12.2. The van der Waals surface area contributed by atoms with Crippen molar-refractivity contribution in [3.8, 4) is 6.07 Å². The lowest BCUT2D eigenvalue weighted by Gasteiger charge is -2.30. The van der Waals surface area contributed by atoms with Crippen LogP contribution in [0, 0.1) is 11.3 Å². The molecule has 0 bridgehead atoms. The average Bonchev–Trinajstić information content (AvgIpc) is 2.32. The van der Waals surface area contributed by atoms with Gasteiger partial charge >= 0.3 is 0 Å². The maximum atomic E-state index is 9.38. The number of nitrogens with one attached hydrogen (secondary N) is 1. The van der Waals surface area contributed by atoms with Crippen molar-refractivity contribution in [1.29, 1.82) is 5.26 Å². The second kappa shape index (κ2) is 8.49. The van der Waals surface area contributed by atoms with Crippen molar-refractivity contribution in [2.75, 3.05) is 19.6 Å². The topological polar surface area (TPSA) is 39.1 Å². The molecule has 0 amide bonds. The Kier molecular flexibility index (Phi) is 8.20. The van der Waals surface area contributed by atoms with Crippen LogP contribution in [-0.4, -0.2) is 36.1 Å². The third-order valence-electron chi connectivity index (χ3n) is 3.35. The van der Waals surface area contributed by atoms with Gasteiger partial charge in [-0.25, -0.2) is 0 Å². The molecule has 100 valence electrons. The fraction of sp³-hybridized carbons (Fsp3) is 0.929. The summed E-state index contributed by atoms with van der Waals surface area (Å²) in [5.41, 5.74) is -0.332. The Balaban J connectivity index is 4.23. The molecular weight excluding hydrogens is 210 g/mol. The van der Waals surface area contributed by atoms with Gasteiger partial charge < -0.3 is 4.90 Å². The van der Waals surface area contributed by atoms with Crippen LogP contribution in [0.5, 0.6) is 0 Å². The highest BCUT2D eigenvalue weighted by Crippen LogP contribution is 2.18. The minimum atomic E-state index is -0.332. The summed E-state index contributed by atoms with van der Waals surface area (Å²) >= 11 is 0. The predicted molar refractivity (Wildman–Crippen MR) is 73.9 cm³/mol. The van der Waals surface area contributed by atoms with Gasteiger partial charge in [0, 0.05) is 6.04 Å². The van der Waals surface area contributed by atoms with Crippen LogP contribution in [0.25, 0.3) is 0 Å². The molecule has 0 saturated carbocycles. The number of nitrogens with zero attached hydrogens (tertiary/aromatic N) is 2. The molecule has 0 aromatic heterocycles. The highest BCUT2D eigenvalue weighted by atomic mass is 15.1.